The average Bonchev–Trinajstić information content (AvgIpc) is 2.40. The van der Waals surface area contributed by atoms with E-state index < -0.39 is 0 Å². The first-order valence-electron chi connectivity index (χ1n) is 6.43. The number of carbonyl (C=O) groups is 1. The number of carbonyl (C=O) groups excluding carboxylic acids is 1. The molecular formula is C17H17BrOS. The zero-order valence-electron chi connectivity index (χ0n) is 11.8. The molecule has 104 valence electrons. The molecule has 0 spiro atoms. The molecule has 0 aromatic heterocycles. The maximum absolute atomic E-state index is 11.1. The van der Waals surface area contributed by atoms with Crippen molar-refractivity contribution >= 4 is 34.0 Å². The fourth-order valence-corrected chi connectivity index (χ4v) is 3.12. The highest BCUT2D eigenvalue weighted by Gasteiger charge is 2.13. The van der Waals surface area contributed by atoms with Crippen molar-refractivity contribution in [1.29, 1.82) is 0 Å². The second kappa shape index (κ2) is 6.15. The van der Waals surface area contributed by atoms with Crippen LogP contribution in [0.5, 0.6) is 0 Å². The fourth-order valence-electron chi connectivity index (χ4n) is 1.85. The Morgan fingerprint density at radius 3 is 2.25 bits per heavy atom. The Kier molecular flexibility index (Phi) is 4.71. The van der Waals surface area contributed by atoms with Gasteiger partial charge in [-0.25, -0.2) is 0 Å². The summed E-state index contributed by atoms with van der Waals surface area (Å²) in [5.74, 6) is 0. The summed E-state index contributed by atoms with van der Waals surface area (Å²) in [5.41, 5.74) is 2.19. The molecule has 2 rings (SSSR count). The third-order valence-corrected chi connectivity index (χ3v) is 4.64. The van der Waals surface area contributed by atoms with Crippen LogP contribution in [-0.2, 0) is 5.41 Å². The molecular weight excluding hydrogens is 332 g/mol. The lowest BCUT2D eigenvalue weighted by atomic mass is 9.87. The molecule has 0 atom stereocenters. The van der Waals surface area contributed by atoms with Gasteiger partial charge in [0.1, 0.15) is 0 Å². The van der Waals surface area contributed by atoms with Gasteiger partial charge in [-0.1, -0.05) is 60.6 Å². The fraction of sp³-hybridized carbons (Fsp3) is 0.235. The largest absolute Gasteiger partial charge is 0.298 e. The Labute approximate surface area is 132 Å². The molecule has 0 saturated carbocycles. The number of hydrogen-bond acceptors (Lipinski definition) is 2. The summed E-state index contributed by atoms with van der Waals surface area (Å²) in [4.78, 5) is 13.2. The lowest BCUT2D eigenvalue weighted by Crippen LogP contribution is -2.10. The molecule has 2 aromatic carbocycles. The Morgan fingerprint density at radius 1 is 1.05 bits per heavy atom. The van der Waals surface area contributed by atoms with Crippen LogP contribution in [0.2, 0.25) is 0 Å². The van der Waals surface area contributed by atoms with Gasteiger partial charge in [-0.3, -0.25) is 4.79 Å². The number of aldehydes is 1. The van der Waals surface area contributed by atoms with Crippen molar-refractivity contribution < 1.29 is 4.79 Å². The quantitative estimate of drug-likeness (QED) is 0.660. The van der Waals surface area contributed by atoms with Gasteiger partial charge in [0.15, 0.2) is 6.29 Å². The molecule has 0 aliphatic rings. The number of hydrogen-bond donors (Lipinski definition) is 0. The van der Waals surface area contributed by atoms with Crippen LogP contribution in [0.4, 0.5) is 0 Å². The summed E-state index contributed by atoms with van der Waals surface area (Å²) in [6.45, 7) is 6.61. The van der Waals surface area contributed by atoms with Crippen molar-refractivity contribution in [3.63, 3.8) is 0 Å². The summed E-state index contributed by atoms with van der Waals surface area (Å²) >= 11 is 5.00. The van der Waals surface area contributed by atoms with Crippen LogP contribution in [0.25, 0.3) is 0 Å². The predicted molar refractivity (Wildman–Crippen MR) is 88.8 cm³/mol. The standard InChI is InChI=1S/C17H17BrOS/c1-17(2,3)13-4-7-15(8-5-13)20-16-9-6-14(18)10-12(16)11-19/h4-11H,1-3H3. The third-order valence-electron chi connectivity index (χ3n) is 3.05. The highest BCUT2D eigenvalue weighted by atomic mass is 79.9. The van der Waals surface area contributed by atoms with Gasteiger partial charge in [0, 0.05) is 19.8 Å². The Hall–Kier alpha value is -1.06. The van der Waals surface area contributed by atoms with Gasteiger partial charge in [-0.05, 0) is 41.3 Å². The first-order chi connectivity index (χ1) is 9.40. The van der Waals surface area contributed by atoms with E-state index in [4.69, 9.17) is 0 Å². The average molecular weight is 349 g/mol. The van der Waals surface area contributed by atoms with E-state index in [0.29, 0.717) is 5.56 Å². The van der Waals surface area contributed by atoms with E-state index in [1.54, 1.807) is 11.8 Å². The molecule has 0 unspecified atom stereocenters. The molecule has 0 aliphatic heterocycles. The van der Waals surface area contributed by atoms with Gasteiger partial charge in [0.05, 0.1) is 0 Å². The summed E-state index contributed by atoms with van der Waals surface area (Å²) < 4.78 is 0.923. The maximum atomic E-state index is 11.1. The van der Waals surface area contributed by atoms with Crippen molar-refractivity contribution in [2.24, 2.45) is 0 Å². The van der Waals surface area contributed by atoms with E-state index in [1.165, 1.54) is 5.56 Å². The summed E-state index contributed by atoms with van der Waals surface area (Å²) in [6.07, 6.45) is 0.899. The van der Waals surface area contributed by atoms with Crippen LogP contribution in [-0.4, -0.2) is 6.29 Å². The Morgan fingerprint density at radius 2 is 1.70 bits per heavy atom. The maximum Gasteiger partial charge on any atom is 0.151 e. The molecule has 0 aliphatic carbocycles. The number of halogens is 1. The minimum Gasteiger partial charge on any atom is -0.298 e. The first kappa shape index (κ1) is 15.3. The monoisotopic (exact) mass is 348 g/mol. The number of rotatable bonds is 3. The van der Waals surface area contributed by atoms with Gasteiger partial charge >= 0.3 is 0 Å². The molecule has 3 heteroatoms. The number of benzene rings is 2. The van der Waals surface area contributed by atoms with Crippen molar-refractivity contribution in [2.75, 3.05) is 0 Å². The van der Waals surface area contributed by atoms with E-state index in [-0.39, 0.29) is 5.41 Å². The minimum absolute atomic E-state index is 0.161. The van der Waals surface area contributed by atoms with Crippen molar-refractivity contribution in [3.8, 4) is 0 Å². The minimum atomic E-state index is 0.161. The van der Waals surface area contributed by atoms with Gasteiger partial charge in [-0.15, -0.1) is 0 Å². The van der Waals surface area contributed by atoms with Crippen LogP contribution >= 0.6 is 27.7 Å². The molecule has 0 saturated heterocycles. The summed E-state index contributed by atoms with van der Waals surface area (Å²) in [7, 11) is 0. The molecule has 1 nitrogen and oxygen atoms in total. The molecule has 0 amide bonds. The summed E-state index contributed by atoms with van der Waals surface area (Å²) in [6, 6.07) is 14.3. The lowest BCUT2D eigenvalue weighted by Gasteiger charge is -2.19. The van der Waals surface area contributed by atoms with E-state index >= 15 is 0 Å². The van der Waals surface area contributed by atoms with Gasteiger partial charge in [-0.2, -0.15) is 0 Å². The second-order valence-electron chi connectivity index (χ2n) is 5.68. The molecule has 0 heterocycles. The van der Waals surface area contributed by atoms with Crippen LogP contribution in [0.3, 0.4) is 0 Å². The molecule has 20 heavy (non-hydrogen) atoms. The van der Waals surface area contributed by atoms with Gasteiger partial charge in [0.25, 0.3) is 0 Å². The van der Waals surface area contributed by atoms with Crippen molar-refractivity contribution in [3.05, 3.63) is 58.1 Å². The molecule has 0 radical (unpaired) electrons. The van der Waals surface area contributed by atoms with Crippen LogP contribution in [0.15, 0.2) is 56.7 Å². The van der Waals surface area contributed by atoms with E-state index in [2.05, 4.69) is 61.0 Å². The Balaban J connectivity index is 2.25. The molecule has 0 N–H and O–H groups in total. The lowest BCUT2D eigenvalue weighted by molar-refractivity contribution is 0.112. The zero-order valence-corrected chi connectivity index (χ0v) is 14.2. The van der Waals surface area contributed by atoms with Gasteiger partial charge in [0.2, 0.25) is 0 Å². The van der Waals surface area contributed by atoms with Crippen LogP contribution < -0.4 is 0 Å². The predicted octanol–water partition coefficient (Wildman–Crippen LogP) is 5.71. The highest BCUT2D eigenvalue weighted by molar-refractivity contribution is 9.10. The molecule has 0 fully saturated rings. The van der Waals surface area contributed by atoms with Crippen molar-refractivity contribution in [2.45, 2.75) is 36.0 Å². The molecule has 2 aromatic rings. The van der Waals surface area contributed by atoms with E-state index in [9.17, 15) is 4.79 Å². The highest BCUT2D eigenvalue weighted by Crippen LogP contribution is 2.33. The third kappa shape index (κ3) is 3.74. The molecule has 0 bridgehead atoms. The zero-order chi connectivity index (χ0) is 14.8. The normalized spacial score (nSPS) is 11.4. The topological polar surface area (TPSA) is 17.1 Å². The van der Waals surface area contributed by atoms with Gasteiger partial charge < -0.3 is 0 Å². The first-order valence-corrected chi connectivity index (χ1v) is 8.04. The van der Waals surface area contributed by atoms with Crippen LogP contribution in [0, 0.1) is 0 Å². The van der Waals surface area contributed by atoms with Crippen LogP contribution in [0.1, 0.15) is 36.7 Å². The second-order valence-corrected chi connectivity index (χ2v) is 7.71. The van der Waals surface area contributed by atoms with E-state index in [1.807, 2.05) is 18.2 Å². The smallest absolute Gasteiger partial charge is 0.151 e. The Bertz CT molecular complexity index is 612. The van der Waals surface area contributed by atoms with Crippen molar-refractivity contribution in [1.82, 2.24) is 0 Å². The summed E-state index contributed by atoms with van der Waals surface area (Å²) in [5, 5.41) is 0. The van der Waals surface area contributed by atoms with E-state index in [0.717, 1.165) is 20.5 Å². The SMILES string of the molecule is CC(C)(C)c1ccc(Sc2ccc(Br)cc2C=O)cc1.